The minimum Gasteiger partial charge on any atom is -0.309 e. The van der Waals surface area contributed by atoms with Gasteiger partial charge in [0.2, 0.25) is 0 Å². The van der Waals surface area contributed by atoms with E-state index >= 15 is 0 Å². The lowest BCUT2D eigenvalue weighted by Gasteiger charge is -2.21. The number of hydrogen-bond acceptors (Lipinski definition) is 1. The number of para-hydroxylation sites is 2. The highest BCUT2D eigenvalue weighted by Gasteiger charge is 2.20. The number of hydrogen-bond donors (Lipinski definition) is 0. The first-order valence-electron chi connectivity index (χ1n) is 15.8. The van der Waals surface area contributed by atoms with E-state index < -0.39 is 0 Å². The molecule has 10 rings (SSSR count). The molecule has 0 radical (unpaired) electrons. The number of fused-ring (bicyclic) bond motifs is 6. The summed E-state index contributed by atoms with van der Waals surface area (Å²) >= 11 is 1.88. The first-order valence-corrected chi connectivity index (χ1v) is 16.6. The Kier molecular flexibility index (Phi) is 5.58. The first kappa shape index (κ1) is 25.7. The van der Waals surface area contributed by atoms with Crippen molar-refractivity contribution >= 4 is 55.1 Å². The average molecular weight is 602 g/mol. The van der Waals surface area contributed by atoms with Crippen molar-refractivity contribution in [2.45, 2.75) is 9.79 Å². The Bertz CT molecular complexity index is 2640. The van der Waals surface area contributed by atoms with Gasteiger partial charge in [-0.05, 0) is 86.4 Å². The third-order valence-electron chi connectivity index (χ3n) is 9.55. The zero-order chi connectivity index (χ0) is 30.2. The van der Waals surface area contributed by atoms with Crippen LogP contribution in [0.5, 0.6) is 0 Å². The largest absolute Gasteiger partial charge is 0.309 e. The molecule has 1 aromatic heterocycles. The first-order chi connectivity index (χ1) is 22.8. The van der Waals surface area contributed by atoms with Gasteiger partial charge < -0.3 is 4.57 Å². The average Bonchev–Trinajstić information content (AvgIpc) is 3.44. The number of benzene rings is 8. The van der Waals surface area contributed by atoms with Crippen molar-refractivity contribution in [1.82, 2.24) is 4.57 Å². The molecule has 46 heavy (non-hydrogen) atoms. The van der Waals surface area contributed by atoms with Crippen molar-refractivity contribution in [1.29, 1.82) is 0 Å². The van der Waals surface area contributed by atoms with Crippen LogP contribution in [0, 0.1) is 0 Å². The Morgan fingerprint density at radius 2 is 1.07 bits per heavy atom. The van der Waals surface area contributed by atoms with Crippen LogP contribution in [0.4, 0.5) is 0 Å². The van der Waals surface area contributed by atoms with E-state index in [1.165, 1.54) is 92.2 Å². The van der Waals surface area contributed by atoms with Gasteiger partial charge in [0.1, 0.15) is 0 Å². The third kappa shape index (κ3) is 3.84. The summed E-state index contributed by atoms with van der Waals surface area (Å²) in [5.41, 5.74) is 11.2. The molecule has 2 heteroatoms. The maximum absolute atomic E-state index is 2.44. The zero-order valence-electron chi connectivity index (χ0n) is 24.9. The minimum atomic E-state index is 1.17. The van der Waals surface area contributed by atoms with Gasteiger partial charge in [0.05, 0.1) is 11.0 Å². The summed E-state index contributed by atoms with van der Waals surface area (Å²) < 4.78 is 2.44. The van der Waals surface area contributed by atoms with E-state index in [2.05, 4.69) is 168 Å². The summed E-state index contributed by atoms with van der Waals surface area (Å²) in [6.07, 6.45) is 0. The van der Waals surface area contributed by atoms with Gasteiger partial charge in [-0.15, -0.1) is 0 Å². The molecular weight excluding hydrogens is 575 g/mol. The van der Waals surface area contributed by atoms with Crippen LogP contribution < -0.4 is 0 Å². The molecule has 0 saturated heterocycles. The molecule has 2 heterocycles. The van der Waals surface area contributed by atoms with E-state index in [0.29, 0.717) is 0 Å². The predicted molar refractivity (Wildman–Crippen MR) is 196 cm³/mol. The molecule has 214 valence electrons. The van der Waals surface area contributed by atoms with Gasteiger partial charge in [-0.25, -0.2) is 0 Å². The fraction of sp³-hybridized carbons (Fsp3) is 0. The summed E-state index contributed by atoms with van der Waals surface area (Å²) in [4.78, 5) is 2.66. The van der Waals surface area contributed by atoms with E-state index in [1.54, 1.807) is 0 Å². The summed E-state index contributed by atoms with van der Waals surface area (Å²) in [5, 5.41) is 7.74. The summed E-state index contributed by atoms with van der Waals surface area (Å²) in [7, 11) is 0. The van der Waals surface area contributed by atoms with Gasteiger partial charge in [0.25, 0.3) is 0 Å². The van der Waals surface area contributed by atoms with Crippen LogP contribution in [0.1, 0.15) is 0 Å². The lowest BCUT2D eigenvalue weighted by Crippen LogP contribution is -1.95. The van der Waals surface area contributed by atoms with Crippen molar-refractivity contribution in [2.24, 2.45) is 0 Å². The molecule has 0 spiro atoms. The molecule has 0 bridgehead atoms. The van der Waals surface area contributed by atoms with Crippen molar-refractivity contribution in [3.63, 3.8) is 0 Å². The van der Waals surface area contributed by atoms with Crippen LogP contribution in [0.3, 0.4) is 0 Å². The van der Waals surface area contributed by atoms with Crippen molar-refractivity contribution in [2.75, 3.05) is 0 Å². The molecule has 0 amide bonds. The molecule has 1 aliphatic heterocycles. The standard InChI is InChI=1S/C44H27NS/c1-2-13-34(14-3-1)45-40-27-32-10-5-4-9-31(32)25-38(40)37-17-8-15-35(44(37)45)29-21-19-28(20-22-29)33-23-24-41-39(26-33)36-16-6-11-30-12-7-18-42(46-41)43(30)36/h1-27H. The molecule has 1 aliphatic rings. The molecule has 0 N–H and O–H groups in total. The SMILES string of the molecule is c1ccc(-n2c3cc4ccccc4cc3c3cccc(-c4ccc(-c5ccc6c(c5)-c5cccc7cccc(c57)S6)cc4)c32)cc1. The van der Waals surface area contributed by atoms with E-state index in [9.17, 15) is 0 Å². The van der Waals surface area contributed by atoms with Crippen molar-refractivity contribution in [3.05, 3.63) is 164 Å². The van der Waals surface area contributed by atoms with Gasteiger partial charge in [-0.3, -0.25) is 0 Å². The maximum atomic E-state index is 2.44. The quantitative estimate of drug-likeness (QED) is 0.195. The Hall–Kier alpha value is -5.57. The molecule has 1 nitrogen and oxygen atoms in total. The maximum Gasteiger partial charge on any atom is 0.0619 e. The second kappa shape index (κ2) is 9.97. The Labute approximate surface area is 271 Å². The Morgan fingerprint density at radius 3 is 1.91 bits per heavy atom. The summed E-state index contributed by atoms with van der Waals surface area (Å²) in [5.74, 6) is 0. The third-order valence-corrected chi connectivity index (χ3v) is 10.7. The van der Waals surface area contributed by atoms with Crippen molar-refractivity contribution in [3.8, 4) is 39.1 Å². The highest BCUT2D eigenvalue weighted by Crippen LogP contribution is 2.49. The molecule has 9 aromatic rings. The van der Waals surface area contributed by atoms with Crippen molar-refractivity contribution < 1.29 is 0 Å². The highest BCUT2D eigenvalue weighted by atomic mass is 32.2. The highest BCUT2D eigenvalue weighted by molar-refractivity contribution is 7.99. The van der Waals surface area contributed by atoms with Crippen LogP contribution >= 0.6 is 11.8 Å². The Morgan fingerprint density at radius 1 is 0.391 bits per heavy atom. The van der Waals surface area contributed by atoms with Gasteiger partial charge in [0.15, 0.2) is 0 Å². The Balaban J connectivity index is 1.13. The fourth-order valence-electron chi connectivity index (χ4n) is 7.42. The normalized spacial score (nSPS) is 12.3. The molecule has 8 aromatic carbocycles. The fourth-order valence-corrected chi connectivity index (χ4v) is 8.54. The number of rotatable bonds is 3. The topological polar surface area (TPSA) is 4.93 Å². The summed E-state index contributed by atoms with van der Waals surface area (Å²) in [6.45, 7) is 0. The summed E-state index contributed by atoms with van der Waals surface area (Å²) in [6, 6.07) is 60.2. The number of aromatic nitrogens is 1. The molecule has 0 aliphatic carbocycles. The molecule has 0 saturated carbocycles. The van der Waals surface area contributed by atoms with Gasteiger partial charge in [-0.2, -0.15) is 0 Å². The molecule has 0 fully saturated rings. The van der Waals surface area contributed by atoms with E-state index in [1.807, 2.05) is 11.8 Å². The predicted octanol–water partition coefficient (Wildman–Crippen LogP) is 12.6. The molecule has 0 atom stereocenters. The van der Waals surface area contributed by atoms with E-state index in [-0.39, 0.29) is 0 Å². The zero-order valence-corrected chi connectivity index (χ0v) is 25.8. The lowest BCUT2D eigenvalue weighted by atomic mass is 9.94. The van der Waals surface area contributed by atoms with Gasteiger partial charge in [0, 0.05) is 37.2 Å². The van der Waals surface area contributed by atoms with Gasteiger partial charge >= 0.3 is 0 Å². The van der Waals surface area contributed by atoms with Crippen LogP contribution in [0.15, 0.2) is 174 Å². The van der Waals surface area contributed by atoms with E-state index in [0.717, 1.165) is 0 Å². The second-order valence-electron chi connectivity index (χ2n) is 12.1. The van der Waals surface area contributed by atoms with Crippen LogP contribution in [0.2, 0.25) is 0 Å². The lowest BCUT2D eigenvalue weighted by molar-refractivity contribution is 1.18. The van der Waals surface area contributed by atoms with Crippen LogP contribution in [0.25, 0.3) is 82.4 Å². The van der Waals surface area contributed by atoms with Crippen LogP contribution in [-0.4, -0.2) is 4.57 Å². The monoisotopic (exact) mass is 601 g/mol. The second-order valence-corrected chi connectivity index (χ2v) is 13.2. The molecule has 0 unspecified atom stereocenters. The van der Waals surface area contributed by atoms with Gasteiger partial charge in [-0.1, -0.05) is 133 Å². The van der Waals surface area contributed by atoms with E-state index in [4.69, 9.17) is 0 Å². The minimum absolute atomic E-state index is 1.17. The smallest absolute Gasteiger partial charge is 0.0619 e. The number of nitrogens with zero attached hydrogens (tertiary/aromatic N) is 1. The molecular formula is C44H27NS. The van der Waals surface area contributed by atoms with Crippen LogP contribution in [-0.2, 0) is 0 Å².